The highest BCUT2D eigenvalue weighted by molar-refractivity contribution is 6.06. The number of nitro benzene ring substituents is 1. The molecular weight excluding hydrogens is 410 g/mol. The fourth-order valence-electron chi connectivity index (χ4n) is 3.00. The van der Waals surface area contributed by atoms with Crippen LogP contribution in [-0.2, 0) is 13.7 Å². The summed E-state index contributed by atoms with van der Waals surface area (Å²) >= 11 is 0. The molecule has 0 saturated carbocycles. The third kappa shape index (κ3) is 4.81. The van der Waals surface area contributed by atoms with Crippen LogP contribution in [0.2, 0.25) is 0 Å². The zero-order valence-electron chi connectivity index (χ0n) is 17.2. The molecule has 4 rings (SSSR count). The number of rotatable bonds is 8. The minimum absolute atomic E-state index is 0.0130. The Morgan fingerprint density at radius 1 is 1.12 bits per heavy atom. The highest BCUT2D eigenvalue weighted by Crippen LogP contribution is 2.25. The number of non-ortho nitro benzene ring substituents is 1. The third-order valence-electron chi connectivity index (χ3n) is 4.82. The average molecular weight is 429 g/mol. The van der Waals surface area contributed by atoms with Gasteiger partial charge in [0.25, 0.3) is 5.69 Å². The summed E-state index contributed by atoms with van der Waals surface area (Å²) < 4.78 is 13.3. The lowest BCUT2D eigenvalue weighted by Crippen LogP contribution is -2.03. The van der Waals surface area contributed by atoms with Crippen LogP contribution in [0.3, 0.4) is 0 Å². The summed E-state index contributed by atoms with van der Waals surface area (Å²) in [6, 6.07) is 16.4. The van der Waals surface area contributed by atoms with Crippen molar-refractivity contribution in [3.05, 3.63) is 106 Å². The number of furan rings is 1. The van der Waals surface area contributed by atoms with Gasteiger partial charge >= 0.3 is 0 Å². The van der Waals surface area contributed by atoms with Crippen molar-refractivity contribution in [3.8, 4) is 17.1 Å². The van der Waals surface area contributed by atoms with Gasteiger partial charge in [0.05, 0.1) is 4.92 Å². The highest BCUT2D eigenvalue weighted by Gasteiger charge is 2.09. The maximum atomic E-state index is 12.5. The molecule has 0 unspecified atom stereocenters. The molecule has 0 amide bonds. The number of ether oxygens (including phenoxy) is 1. The van der Waals surface area contributed by atoms with E-state index in [0.717, 1.165) is 5.82 Å². The molecule has 2 aromatic carbocycles. The van der Waals surface area contributed by atoms with Gasteiger partial charge in [-0.25, -0.2) is 4.98 Å². The second kappa shape index (κ2) is 9.13. The standard InChI is InChI=1S/C24H19N3O5/c1-26-15-14-25-24(26)16-31-20-8-4-17(5-9-20)22(28)12-10-21-11-13-23(32-21)18-2-6-19(7-3-18)27(29)30/h2-15H,16H2,1H3/b12-10+. The lowest BCUT2D eigenvalue weighted by atomic mass is 10.1. The molecule has 2 aromatic heterocycles. The molecule has 0 bridgehead atoms. The Labute approximate surface area is 183 Å². The Morgan fingerprint density at radius 2 is 1.88 bits per heavy atom. The predicted octanol–water partition coefficient (Wildman–Crippen LogP) is 5.06. The van der Waals surface area contributed by atoms with Crippen LogP contribution in [0.1, 0.15) is 21.9 Å². The van der Waals surface area contributed by atoms with Crippen LogP contribution in [0.5, 0.6) is 5.75 Å². The van der Waals surface area contributed by atoms with E-state index in [9.17, 15) is 14.9 Å². The van der Waals surface area contributed by atoms with Crippen molar-refractivity contribution in [2.45, 2.75) is 6.61 Å². The molecule has 8 heteroatoms. The van der Waals surface area contributed by atoms with E-state index in [4.69, 9.17) is 9.15 Å². The maximum absolute atomic E-state index is 12.5. The summed E-state index contributed by atoms with van der Waals surface area (Å²) in [6.07, 6.45) is 6.58. The molecule has 0 aliphatic heterocycles. The van der Waals surface area contributed by atoms with Gasteiger partial charge in [-0.3, -0.25) is 14.9 Å². The summed E-state index contributed by atoms with van der Waals surface area (Å²) in [4.78, 5) is 27.0. The van der Waals surface area contributed by atoms with Crippen molar-refractivity contribution >= 4 is 17.5 Å². The number of carbonyl (C=O) groups excluding carboxylic acids is 1. The summed E-state index contributed by atoms with van der Waals surface area (Å²) in [5.41, 5.74) is 1.24. The number of ketones is 1. The quantitative estimate of drug-likeness (QED) is 0.168. The molecule has 0 aliphatic rings. The monoisotopic (exact) mass is 429 g/mol. The maximum Gasteiger partial charge on any atom is 0.269 e. The number of aryl methyl sites for hydroxylation is 1. The van der Waals surface area contributed by atoms with Gasteiger partial charge in [0.15, 0.2) is 5.78 Å². The molecule has 2 heterocycles. The van der Waals surface area contributed by atoms with Crippen LogP contribution < -0.4 is 4.74 Å². The van der Waals surface area contributed by atoms with E-state index in [-0.39, 0.29) is 11.5 Å². The van der Waals surface area contributed by atoms with Gasteiger partial charge in [-0.2, -0.15) is 0 Å². The summed E-state index contributed by atoms with van der Waals surface area (Å²) in [5, 5.41) is 10.8. The number of hydrogen-bond acceptors (Lipinski definition) is 6. The van der Waals surface area contributed by atoms with Gasteiger partial charge in [-0.1, -0.05) is 0 Å². The summed E-state index contributed by atoms with van der Waals surface area (Å²) in [5.74, 6) is 2.34. The van der Waals surface area contributed by atoms with E-state index in [1.807, 2.05) is 17.8 Å². The molecule has 0 saturated heterocycles. The predicted molar refractivity (Wildman–Crippen MR) is 118 cm³/mol. The first kappa shape index (κ1) is 20.8. The largest absolute Gasteiger partial charge is 0.486 e. The molecule has 0 aliphatic carbocycles. The molecule has 4 aromatic rings. The van der Waals surface area contributed by atoms with Crippen LogP contribution in [0.4, 0.5) is 5.69 Å². The van der Waals surface area contributed by atoms with Crippen molar-refractivity contribution < 1.29 is 18.9 Å². The number of allylic oxidation sites excluding steroid dienone is 1. The van der Waals surface area contributed by atoms with E-state index in [1.165, 1.54) is 18.2 Å². The number of hydrogen-bond donors (Lipinski definition) is 0. The summed E-state index contributed by atoms with van der Waals surface area (Å²) in [7, 11) is 1.90. The number of nitrogens with zero attached hydrogens (tertiary/aromatic N) is 3. The van der Waals surface area contributed by atoms with Gasteiger partial charge in [0, 0.05) is 42.7 Å². The topological polar surface area (TPSA) is 100 Å². The van der Waals surface area contributed by atoms with Crippen LogP contribution in [0.25, 0.3) is 17.4 Å². The third-order valence-corrected chi connectivity index (χ3v) is 4.82. The van der Waals surface area contributed by atoms with E-state index in [1.54, 1.807) is 60.8 Å². The first-order chi connectivity index (χ1) is 15.5. The molecule has 0 fully saturated rings. The lowest BCUT2D eigenvalue weighted by Gasteiger charge is -2.06. The first-order valence-corrected chi connectivity index (χ1v) is 9.76. The van der Waals surface area contributed by atoms with Crippen LogP contribution in [0, 0.1) is 10.1 Å². The van der Waals surface area contributed by atoms with E-state index in [0.29, 0.717) is 35.0 Å². The minimum atomic E-state index is -0.454. The molecule has 0 spiro atoms. The molecule has 32 heavy (non-hydrogen) atoms. The lowest BCUT2D eigenvalue weighted by molar-refractivity contribution is -0.384. The van der Waals surface area contributed by atoms with Crippen LogP contribution >= 0.6 is 0 Å². The Bertz CT molecular complexity index is 1270. The molecule has 0 radical (unpaired) electrons. The Morgan fingerprint density at radius 3 is 2.53 bits per heavy atom. The van der Waals surface area contributed by atoms with Gasteiger partial charge in [-0.05, 0) is 60.7 Å². The van der Waals surface area contributed by atoms with Crippen molar-refractivity contribution in [1.29, 1.82) is 0 Å². The number of aromatic nitrogens is 2. The number of benzene rings is 2. The van der Waals surface area contributed by atoms with Crippen LogP contribution in [0.15, 0.2) is 83.6 Å². The second-order valence-electron chi connectivity index (χ2n) is 6.97. The molecule has 0 N–H and O–H groups in total. The molecule has 0 atom stereocenters. The SMILES string of the molecule is Cn1ccnc1COc1ccc(C(=O)/C=C/c2ccc(-c3ccc([N+](=O)[O-])cc3)o2)cc1. The number of imidazole rings is 1. The first-order valence-electron chi connectivity index (χ1n) is 9.76. The smallest absolute Gasteiger partial charge is 0.269 e. The average Bonchev–Trinajstić information content (AvgIpc) is 3.45. The molecular formula is C24H19N3O5. The van der Waals surface area contributed by atoms with Crippen molar-refractivity contribution in [2.24, 2.45) is 7.05 Å². The van der Waals surface area contributed by atoms with Gasteiger partial charge in [0.2, 0.25) is 0 Å². The molecule has 8 nitrogen and oxygen atoms in total. The van der Waals surface area contributed by atoms with Crippen molar-refractivity contribution in [2.75, 3.05) is 0 Å². The zero-order valence-corrected chi connectivity index (χ0v) is 17.2. The summed E-state index contributed by atoms with van der Waals surface area (Å²) in [6.45, 7) is 0.340. The fraction of sp³-hybridized carbons (Fsp3) is 0.0833. The van der Waals surface area contributed by atoms with Gasteiger partial charge in [-0.15, -0.1) is 0 Å². The normalized spacial score (nSPS) is 11.0. The van der Waals surface area contributed by atoms with Gasteiger partial charge in [0.1, 0.15) is 29.7 Å². The van der Waals surface area contributed by atoms with E-state index < -0.39 is 4.92 Å². The zero-order chi connectivity index (χ0) is 22.5. The van der Waals surface area contributed by atoms with Crippen molar-refractivity contribution in [3.63, 3.8) is 0 Å². The van der Waals surface area contributed by atoms with Gasteiger partial charge < -0.3 is 13.7 Å². The minimum Gasteiger partial charge on any atom is -0.486 e. The number of carbonyl (C=O) groups is 1. The Balaban J connectivity index is 1.37. The van der Waals surface area contributed by atoms with E-state index in [2.05, 4.69) is 4.98 Å². The highest BCUT2D eigenvalue weighted by atomic mass is 16.6. The van der Waals surface area contributed by atoms with Crippen LogP contribution in [-0.4, -0.2) is 20.3 Å². The fourth-order valence-corrected chi connectivity index (χ4v) is 3.00. The second-order valence-corrected chi connectivity index (χ2v) is 6.97. The Kier molecular flexibility index (Phi) is 5.94. The van der Waals surface area contributed by atoms with E-state index >= 15 is 0 Å². The number of nitro groups is 1. The molecule has 160 valence electrons. The Hall–Kier alpha value is -4.46. The van der Waals surface area contributed by atoms with Crippen molar-refractivity contribution in [1.82, 2.24) is 9.55 Å².